The second kappa shape index (κ2) is 8.71. The Bertz CT molecular complexity index is 1030. The number of allylic oxidation sites excluding steroid dienone is 2. The van der Waals surface area contributed by atoms with Crippen LogP contribution in [0.25, 0.3) is 0 Å². The summed E-state index contributed by atoms with van der Waals surface area (Å²) in [5.41, 5.74) is -0.570. The molecule has 0 bridgehead atoms. The van der Waals surface area contributed by atoms with Gasteiger partial charge in [0.25, 0.3) is 0 Å². The molecule has 1 fully saturated rings. The predicted octanol–water partition coefficient (Wildman–Crippen LogP) is 6.10. The molecule has 31 heavy (non-hydrogen) atoms. The topological polar surface area (TPSA) is 72.2 Å². The standard InChI is InChI=1S/C22H18BrF3N2O3/c1-21(2)14(11-17(23)22(24,25)26)19(21)20(29)31-16(12-27)15-9-6-10-18(28-15)30-13-7-4-3-5-8-13/h3-11,14,16,19H,1-2H3/b17-11-/t14-,16?,19-/m0/s1. The van der Waals surface area contributed by atoms with E-state index in [1.54, 1.807) is 50.2 Å². The Balaban J connectivity index is 1.72. The van der Waals surface area contributed by atoms with Gasteiger partial charge in [0, 0.05) is 6.07 Å². The molecule has 0 saturated heterocycles. The summed E-state index contributed by atoms with van der Waals surface area (Å²) in [6.45, 7) is 3.34. The van der Waals surface area contributed by atoms with E-state index < -0.39 is 40.0 Å². The van der Waals surface area contributed by atoms with E-state index in [0.717, 1.165) is 6.08 Å². The van der Waals surface area contributed by atoms with Crippen LogP contribution in [-0.2, 0) is 9.53 Å². The number of para-hydroxylation sites is 1. The largest absolute Gasteiger partial charge is 0.440 e. The Labute approximate surface area is 185 Å². The molecule has 1 saturated carbocycles. The minimum atomic E-state index is -4.54. The normalized spacial score (nSPS) is 21.0. The van der Waals surface area contributed by atoms with Crippen LogP contribution in [0.15, 0.2) is 59.1 Å². The minimum absolute atomic E-state index is 0.159. The summed E-state index contributed by atoms with van der Waals surface area (Å²) in [6.07, 6.45) is -4.88. The number of esters is 1. The highest BCUT2D eigenvalue weighted by Gasteiger charge is 2.62. The molecule has 2 aromatic rings. The summed E-state index contributed by atoms with van der Waals surface area (Å²) >= 11 is 2.51. The zero-order valence-corrected chi connectivity index (χ0v) is 18.1. The number of alkyl halides is 3. The van der Waals surface area contributed by atoms with Crippen LogP contribution in [0.4, 0.5) is 13.2 Å². The molecule has 1 aliphatic carbocycles. The Morgan fingerprint density at radius 1 is 1.23 bits per heavy atom. The first kappa shape index (κ1) is 22.8. The van der Waals surface area contributed by atoms with E-state index in [9.17, 15) is 23.2 Å². The van der Waals surface area contributed by atoms with Gasteiger partial charge in [-0.1, -0.05) is 44.2 Å². The number of aromatic nitrogens is 1. The van der Waals surface area contributed by atoms with Crippen molar-refractivity contribution in [1.82, 2.24) is 4.98 Å². The number of benzene rings is 1. The summed E-state index contributed by atoms with van der Waals surface area (Å²) in [7, 11) is 0. The van der Waals surface area contributed by atoms with Crippen molar-refractivity contribution in [3.05, 3.63) is 64.8 Å². The molecular formula is C22H18BrF3N2O3. The number of nitrogens with zero attached hydrogens (tertiary/aromatic N) is 2. The van der Waals surface area contributed by atoms with Gasteiger partial charge in [0.05, 0.1) is 16.1 Å². The number of halogens is 4. The predicted molar refractivity (Wildman–Crippen MR) is 109 cm³/mol. The molecule has 9 heteroatoms. The fourth-order valence-corrected chi connectivity index (χ4v) is 3.56. The molecule has 0 amide bonds. The van der Waals surface area contributed by atoms with Crippen molar-refractivity contribution in [2.45, 2.75) is 26.1 Å². The zero-order valence-electron chi connectivity index (χ0n) is 16.6. The highest BCUT2D eigenvalue weighted by Crippen LogP contribution is 2.60. The maximum atomic E-state index is 12.8. The van der Waals surface area contributed by atoms with E-state index in [1.807, 2.05) is 12.1 Å². The molecule has 1 aliphatic rings. The third-order valence-electron chi connectivity index (χ3n) is 5.09. The summed E-state index contributed by atoms with van der Waals surface area (Å²) in [6, 6.07) is 15.4. The van der Waals surface area contributed by atoms with Gasteiger partial charge in [0.2, 0.25) is 12.0 Å². The molecule has 1 unspecified atom stereocenters. The number of ether oxygens (including phenoxy) is 2. The van der Waals surface area contributed by atoms with Gasteiger partial charge in [-0.05, 0) is 45.5 Å². The van der Waals surface area contributed by atoms with E-state index >= 15 is 0 Å². The van der Waals surface area contributed by atoms with Crippen molar-refractivity contribution in [3.63, 3.8) is 0 Å². The lowest BCUT2D eigenvalue weighted by Gasteiger charge is -2.12. The molecule has 162 valence electrons. The van der Waals surface area contributed by atoms with Gasteiger partial charge >= 0.3 is 12.1 Å². The van der Waals surface area contributed by atoms with Crippen molar-refractivity contribution in [2.75, 3.05) is 0 Å². The van der Waals surface area contributed by atoms with E-state index in [-0.39, 0.29) is 11.6 Å². The Hall–Kier alpha value is -2.86. The lowest BCUT2D eigenvalue weighted by Crippen LogP contribution is -2.15. The highest BCUT2D eigenvalue weighted by molar-refractivity contribution is 9.11. The first-order valence-corrected chi connectivity index (χ1v) is 10.1. The number of carbonyl (C=O) groups is 1. The molecule has 0 spiro atoms. The summed E-state index contributed by atoms with van der Waals surface area (Å²) in [4.78, 5) is 16.8. The molecule has 5 nitrogen and oxygen atoms in total. The average molecular weight is 495 g/mol. The lowest BCUT2D eigenvalue weighted by molar-refractivity contribution is -0.149. The maximum Gasteiger partial charge on any atom is 0.422 e. The van der Waals surface area contributed by atoms with Gasteiger partial charge in [-0.25, -0.2) is 4.98 Å². The van der Waals surface area contributed by atoms with Crippen molar-refractivity contribution >= 4 is 21.9 Å². The smallest absolute Gasteiger partial charge is 0.422 e. The number of hydrogen-bond acceptors (Lipinski definition) is 5. The van der Waals surface area contributed by atoms with Crippen LogP contribution >= 0.6 is 15.9 Å². The van der Waals surface area contributed by atoms with Crippen LogP contribution in [0.1, 0.15) is 25.6 Å². The second-order valence-corrected chi connectivity index (χ2v) is 8.45. The monoisotopic (exact) mass is 494 g/mol. The van der Waals surface area contributed by atoms with Gasteiger partial charge in [-0.3, -0.25) is 4.79 Å². The molecule has 1 heterocycles. The number of pyridine rings is 1. The van der Waals surface area contributed by atoms with E-state index in [4.69, 9.17) is 9.47 Å². The average Bonchev–Trinajstić information content (AvgIpc) is 3.26. The van der Waals surface area contributed by atoms with Crippen molar-refractivity contribution in [2.24, 2.45) is 17.3 Å². The fraction of sp³-hybridized carbons (Fsp3) is 0.318. The first-order valence-electron chi connectivity index (χ1n) is 9.28. The SMILES string of the molecule is CC1(C)[C@H](C(=O)OC(C#N)c2cccc(Oc3ccccc3)n2)[C@@H]1/C=C(\Br)C(F)(F)F. The van der Waals surface area contributed by atoms with E-state index in [1.165, 1.54) is 6.07 Å². The van der Waals surface area contributed by atoms with Gasteiger partial charge < -0.3 is 9.47 Å². The highest BCUT2D eigenvalue weighted by atomic mass is 79.9. The summed E-state index contributed by atoms with van der Waals surface area (Å²) < 4.78 is 48.4. The third kappa shape index (κ3) is 5.25. The number of rotatable bonds is 6. The molecule has 0 aliphatic heterocycles. The number of hydrogen-bond donors (Lipinski definition) is 0. The molecule has 0 N–H and O–H groups in total. The van der Waals surface area contributed by atoms with Crippen LogP contribution < -0.4 is 4.74 Å². The van der Waals surface area contributed by atoms with Crippen molar-refractivity contribution < 1.29 is 27.4 Å². The molecule has 3 rings (SSSR count). The van der Waals surface area contributed by atoms with Gasteiger partial charge in [0.1, 0.15) is 11.8 Å². The van der Waals surface area contributed by atoms with Crippen LogP contribution in [0, 0.1) is 28.6 Å². The van der Waals surface area contributed by atoms with Crippen molar-refractivity contribution in [3.8, 4) is 17.7 Å². The number of carbonyl (C=O) groups excluding carboxylic acids is 1. The Morgan fingerprint density at radius 3 is 2.52 bits per heavy atom. The molecule has 3 atom stereocenters. The van der Waals surface area contributed by atoms with Crippen LogP contribution in [0.5, 0.6) is 11.6 Å². The quantitative estimate of drug-likeness (QED) is 0.454. The minimum Gasteiger partial charge on any atom is -0.440 e. The summed E-state index contributed by atoms with van der Waals surface area (Å²) in [5, 5.41) is 9.48. The van der Waals surface area contributed by atoms with Gasteiger partial charge in [-0.15, -0.1) is 0 Å². The van der Waals surface area contributed by atoms with E-state index in [2.05, 4.69) is 20.9 Å². The van der Waals surface area contributed by atoms with Crippen LogP contribution in [-0.4, -0.2) is 17.1 Å². The Morgan fingerprint density at radius 2 is 1.90 bits per heavy atom. The Kier molecular flexibility index (Phi) is 6.41. The molecule has 1 aromatic carbocycles. The molecule has 1 aromatic heterocycles. The third-order valence-corrected chi connectivity index (χ3v) is 5.81. The first-order chi connectivity index (χ1) is 14.5. The van der Waals surface area contributed by atoms with Crippen LogP contribution in [0.3, 0.4) is 0 Å². The van der Waals surface area contributed by atoms with E-state index in [0.29, 0.717) is 5.75 Å². The summed E-state index contributed by atoms with van der Waals surface area (Å²) in [5.74, 6) is -1.47. The van der Waals surface area contributed by atoms with Crippen LogP contribution in [0.2, 0.25) is 0 Å². The fourth-order valence-electron chi connectivity index (χ4n) is 3.28. The second-order valence-electron chi connectivity index (χ2n) is 7.60. The maximum absolute atomic E-state index is 12.8. The van der Waals surface area contributed by atoms with Crippen molar-refractivity contribution in [1.29, 1.82) is 5.26 Å². The molecule has 0 radical (unpaired) electrons. The molecular weight excluding hydrogens is 477 g/mol. The van der Waals surface area contributed by atoms with Gasteiger partial charge in [-0.2, -0.15) is 18.4 Å². The van der Waals surface area contributed by atoms with Gasteiger partial charge in [0.15, 0.2) is 0 Å². The number of nitriles is 1. The zero-order chi connectivity index (χ0) is 22.8. The lowest BCUT2D eigenvalue weighted by atomic mass is 10.1.